The molecular formula is C19H34N2O4. The summed E-state index contributed by atoms with van der Waals surface area (Å²) >= 11 is 0. The van der Waals surface area contributed by atoms with Crippen LogP contribution in [-0.2, 0) is 14.4 Å². The van der Waals surface area contributed by atoms with Gasteiger partial charge in [-0.1, -0.05) is 38.5 Å². The summed E-state index contributed by atoms with van der Waals surface area (Å²) in [7, 11) is 0. The number of amides is 2. The van der Waals surface area contributed by atoms with E-state index in [1.165, 1.54) is 19.3 Å². The van der Waals surface area contributed by atoms with Crippen LogP contribution in [0.5, 0.6) is 0 Å². The largest absolute Gasteiger partial charge is 0.481 e. The van der Waals surface area contributed by atoms with Crippen molar-refractivity contribution in [1.29, 1.82) is 0 Å². The average Bonchev–Trinajstić information content (AvgIpc) is 2.59. The van der Waals surface area contributed by atoms with E-state index in [4.69, 9.17) is 5.11 Å². The van der Waals surface area contributed by atoms with Gasteiger partial charge in [-0.2, -0.15) is 0 Å². The maximum Gasteiger partial charge on any atom is 0.303 e. The number of nitrogens with one attached hydrogen (secondary N) is 1. The molecule has 0 unspecified atom stereocenters. The van der Waals surface area contributed by atoms with E-state index in [1.54, 1.807) is 6.92 Å². The minimum absolute atomic E-state index is 0.0569. The van der Waals surface area contributed by atoms with E-state index in [2.05, 4.69) is 5.32 Å². The first-order valence-electron chi connectivity index (χ1n) is 9.75. The van der Waals surface area contributed by atoms with Crippen LogP contribution >= 0.6 is 0 Å². The number of aliphatic carboxylic acids is 1. The van der Waals surface area contributed by atoms with E-state index in [0.717, 1.165) is 51.5 Å². The Bertz CT molecular complexity index is 418. The molecule has 6 heteroatoms. The number of carbonyl (C=O) groups is 3. The molecule has 0 bridgehead atoms. The zero-order chi connectivity index (χ0) is 18.5. The van der Waals surface area contributed by atoms with E-state index in [-0.39, 0.29) is 24.2 Å². The average molecular weight is 354 g/mol. The Morgan fingerprint density at radius 1 is 0.920 bits per heavy atom. The van der Waals surface area contributed by atoms with Gasteiger partial charge in [0, 0.05) is 38.9 Å². The Hall–Kier alpha value is -1.59. The summed E-state index contributed by atoms with van der Waals surface area (Å²) in [4.78, 5) is 35.6. The molecule has 25 heavy (non-hydrogen) atoms. The number of hydrogen-bond donors (Lipinski definition) is 2. The number of nitrogens with zero attached hydrogens (tertiary/aromatic N) is 1. The number of carboxylic acids is 1. The lowest BCUT2D eigenvalue weighted by Gasteiger charge is -2.30. The number of unbranched alkanes of at least 4 members (excludes halogenated alkanes) is 7. The molecule has 0 atom stereocenters. The second kappa shape index (κ2) is 12.7. The summed E-state index contributed by atoms with van der Waals surface area (Å²) in [6.45, 7) is 3.71. The first-order chi connectivity index (χ1) is 12.0. The number of carbonyl (C=O) groups excluding carboxylic acids is 2. The van der Waals surface area contributed by atoms with E-state index < -0.39 is 5.97 Å². The summed E-state index contributed by atoms with van der Waals surface area (Å²) < 4.78 is 0. The summed E-state index contributed by atoms with van der Waals surface area (Å²) in [5.74, 6) is -0.407. The summed E-state index contributed by atoms with van der Waals surface area (Å²) in [6.07, 6.45) is 10.4. The van der Waals surface area contributed by atoms with Gasteiger partial charge in [0.2, 0.25) is 11.8 Å². The molecule has 0 aromatic carbocycles. The lowest BCUT2D eigenvalue weighted by molar-refractivity contribution is -0.137. The van der Waals surface area contributed by atoms with Crippen LogP contribution in [0.3, 0.4) is 0 Å². The second-order valence-corrected chi connectivity index (χ2v) is 7.04. The summed E-state index contributed by atoms with van der Waals surface area (Å²) in [5, 5.41) is 11.6. The maximum atomic E-state index is 12.1. The van der Waals surface area contributed by atoms with Crippen LogP contribution < -0.4 is 5.32 Å². The predicted octanol–water partition coefficient (Wildman–Crippen LogP) is 2.96. The molecule has 1 saturated heterocycles. The molecule has 0 saturated carbocycles. The molecule has 1 rings (SSSR count). The van der Waals surface area contributed by atoms with E-state index in [9.17, 15) is 14.4 Å². The highest BCUT2D eigenvalue weighted by Gasteiger charge is 2.25. The standard InChI is InChI=1S/C19H34N2O4/c1-16(22)21-14-11-17(12-15-21)19(25)20-13-9-7-5-3-2-4-6-8-10-18(23)24/h17H,2-15H2,1H3,(H,20,25)(H,23,24). The van der Waals surface area contributed by atoms with Crippen molar-refractivity contribution in [2.24, 2.45) is 5.92 Å². The van der Waals surface area contributed by atoms with Gasteiger partial charge in [0.1, 0.15) is 0 Å². The third-order valence-corrected chi connectivity index (χ3v) is 4.93. The molecular weight excluding hydrogens is 320 g/mol. The molecule has 0 aliphatic carbocycles. The Labute approximate surface area is 151 Å². The van der Waals surface area contributed by atoms with E-state index in [1.807, 2.05) is 4.90 Å². The fourth-order valence-corrected chi connectivity index (χ4v) is 3.27. The Kier molecular flexibility index (Phi) is 10.9. The topological polar surface area (TPSA) is 86.7 Å². The lowest BCUT2D eigenvalue weighted by Crippen LogP contribution is -2.42. The number of likely N-dealkylation sites (tertiary alicyclic amines) is 1. The van der Waals surface area contributed by atoms with Gasteiger partial charge in [-0.25, -0.2) is 0 Å². The van der Waals surface area contributed by atoms with Gasteiger partial charge >= 0.3 is 5.97 Å². The SMILES string of the molecule is CC(=O)N1CCC(C(=O)NCCCCCCCCCCC(=O)O)CC1. The number of carboxylic acid groups (broad SMARTS) is 1. The summed E-state index contributed by atoms with van der Waals surface area (Å²) in [5.41, 5.74) is 0. The zero-order valence-electron chi connectivity index (χ0n) is 15.6. The van der Waals surface area contributed by atoms with Gasteiger partial charge in [-0.15, -0.1) is 0 Å². The molecule has 144 valence electrons. The predicted molar refractivity (Wildman–Crippen MR) is 97.2 cm³/mol. The van der Waals surface area contributed by atoms with E-state index in [0.29, 0.717) is 13.1 Å². The number of piperidine rings is 1. The Morgan fingerprint density at radius 2 is 1.44 bits per heavy atom. The third-order valence-electron chi connectivity index (χ3n) is 4.93. The highest BCUT2D eigenvalue weighted by molar-refractivity contribution is 5.79. The molecule has 0 aromatic heterocycles. The van der Waals surface area contributed by atoms with Gasteiger partial charge in [0.25, 0.3) is 0 Å². The Balaban J connectivity index is 1.90. The van der Waals surface area contributed by atoms with Crippen molar-refractivity contribution in [3.8, 4) is 0 Å². The van der Waals surface area contributed by atoms with Crippen molar-refractivity contribution in [1.82, 2.24) is 10.2 Å². The van der Waals surface area contributed by atoms with Crippen molar-refractivity contribution in [3.63, 3.8) is 0 Å². The molecule has 0 spiro atoms. The molecule has 0 aromatic rings. The molecule has 0 radical (unpaired) electrons. The fourth-order valence-electron chi connectivity index (χ4n) is 3.27. The number of hydrogen-bond acceptors (Lipinski definition) is 3. The van der Waals surface area contributed by atoms with Crippen molar-refractivity contribution < 1.29 is 19.5 Å². The van der Waals surface area contributed by atoms with Crippen LogP contribution in [-0.4, -0.2) is 47.4 Å². The fraction of sp³-hybridized carbons (Fsp3) is 0.842. The van der Waals surface area contributed by atoms with Crippen LogP contribution in [0.2, 0.25) is 0 Å². The van der Waals surface area contributed by atoms with Crippen LogP contribution in [0.25, 0.3) is 0 Å². The second-order valence-electron chi connectivity index (χ2n) is 7.04. The highest BCUT2D eigenvalue weighted by Crippen LogP contribution is 2.17. The molecule has 1 heterocycles. The number of rotatable bonds is 12. The van der Waals surface area contributed by atoms with Gasteiger partial charge in [-0.05, 0) is 25.7 Å². The molecule has 2 N–H and O–H groups in total. The molecule has 1 fully saturated rings. The van der Waals surface area contributed by atoms with Gasteiger partial charge in [0.15, 0.2) is 0 Å². The van der Waals surface area contributed by atoms with Crippen LogP contribution in [0.4, 0.5) is 0 Å². The Morgan fingerprint density at radius 3 is 1.96 bits per heavy atom. The maximum absolute atomic E-state index is 12.1. The van der Waals surface area contributed by atoms with Crippen molar-refractivity contribution in [2.45, 2.75) is 77.6 Å². The van der Waals surface area contributed by atoms with Gasteiger partial charge < -0.3 is 15.3 Å². The minimum atomic E-state index is -0.702. The lowest BCUT2D eigenvalue weighted by atomic mass is 9.96. The van der Waals surface area contributed by atoms with Crippen molar-refractivity contribution >= 4 is 17.8 Å². The van der Waals surface area contributed by atoms with E-state index >= 15 is 0 Å². The third kappa shape index (κ3) is 10.1. The molecule has 1 aliphatic rings. The molecule has 1 aliphatic heterocycles. The van der Waals surface area contributed by atoms with Crippen LogP contribution in [0.15, 0.2) is 0 Å². The monoisotopic (exact) mass is 354 g/mol. The first-order valence-corrected chi connectivity index (χ1v) is 9.75. The molecule has 2 amide bonds. The zero-order valence-corrected chi connectivity index (χ0v) is 15.6. The van der Waals surface area contributed by atoms with Crippen LogP contribution in [0.1, 0.15) is 77.6 Å². The first kappa shape index (κ1) is 21.5. The quantitative estimate of drug-likeness (QED) is 0.528. The van der Waals surface area contributed by atoms with Crippen molar-refractivity contribution in [2.75, 3.05) is 19.6 Å². The molecule has 6 nitrogen and oxygen atoms in total. The minimum Gasteiger partial charge on any atom is -0.481 e. The normalized spacial score (nSPS) is 15.2. The van der Waals surface area contributed by atoms with Crippen molar-refractivity contribution in [3.05, 3.63) is 0 Å². The van der Waals surface area contributed by atoms with Gasteiger partial charge in [-0.3, -0.25) is 14.4 Å². The van der Waals surface area contributed by atoms with Gasteiger partial charge in [0.05, 0.1) is 0 Å². The van der Waals surface area contributed by atoms with Crippen LogP contribution in [0, 0.1) is 5.92 Å². The summed E-state index contributed by atoms with van der Waals surface area (Å²) in [6, 6.07) is 0. The smallest absolute Gasteiger partial charge is 0.303 e. The highest BCUT2D eigenvalue weighted by atomic mass is 16.4.